The summed E-state index contributed by atoms with van der Waals surface area (Å²) in [6.45, 7) is 7.36. The minimum atomic E-state index is -0.0644. The van der Waals surface area contributed by atoms with Gasteiger partial charge in [-0.15, -0.1) is 0 Å². The van der Waals surface area contributed by atoms with Gasteiger partial charge in [-0.1, -0.05) is 45.0 Å². The van der Waals surface area contributed by atoms with Crippen molar-refractivity contribution in [2.24, 2.45) is 0 Å². The lowest BCUT2D eigenvalue weighted by Gasteiger charge is -2.25. The van der Waals surface area contributed by atoms with E-state index >= 15 is 0 Å². The van der Waals surface area contributed by atoms with Gasteiger partial charge in [0.25, 0.3) is 0 Å². The van der Waals surface area contributed by atoms with Crippen molar-refractivity contribution in [3.8, 4) is 17.3 Å². The molecule has 0 saturated carbocycles. The molecule has 0 unspecified atom stereocenters. The summed E-state index contributed by atoms with van der Waals surface area (Å²) in [5.74, 6) is 3.36. The Hall–Kier alpha value is -4.91. The van der Waals surface area contributed by atoms with Crippen molar-refractivity contribution < 1.29 is 4.74 Å². The number of fused-ring (bicyclic) bond motifs is 4. The molecule has 0 saturated heterocycles. The second kappa shape index (κ2) is 9.09. The van der Waals surface area contributed by atoms with Crippen LogP contribution in [0.4, 0.5) is 17.2 Å². The average molecular weight is 527 g/mol. The van der Waals surface area contributed by atoms with Crippen molar-refractivity contribution in [3.05, 3.63) is 103 Å². The Labute approximate surface area is 233 Å². The molecule has 0 N–H and O–H groups in total. The van der Waals surface area contributed by atoms with Gasteiger partial charge in [0.05, 0.1) is 23.9 Å². The van der Waals surface area contributed by atoms with Crippen LogP contribution in [0.15, 0.2) is 97.6 Å². The highest BCUT2D eigenvalue weighted by Gasteiger charge is 2.28. The molecular formula is C33H30N6O. The van der Waals surface area contributed by atoms with E-state index in [2.05, 4.69) is 105 Å². The summed E-state index contributed by atoms with van der Waals surface area (Å²) in [5.41, 5.74) is 5.33. The smallest absolute Gasteiger partial charge is 0.157 e. The van der Waals surface area contributed by atoms with Crippen LogP contribution in [-0.2, 0) is 5.41 Å². The summed E-state index contributed by atoms with van der Waals surface area (Å²) >= 11 is 0. The predicted octanol–water partition coefficient (Wildman–Crippen LogP) is 7.60. The molecule has 1 aliphatic rings. The SMILES string of the molecule is CN1CN(c2cc(Oc3ccc4c5ccccc5n(-c5ccccn5)c4c3)cc(C(C)(C)C)c2)c2cncnc21. The van der Waals surface area contributed by atoms with Gasteiger partial charge in [-0.2, -0.15) is 0 Å². The normalized spacial score (nSPS) is 13.3. The highest BCUT2D eigenvalue weighted by atomic mass is 16.5. The number of aromatic nitrogens is 4. The van der Waals surface area contributed by atoms with E-state index in [9.17, 15) is 0 Å². The summed E-state index contributed by atoms with van der Waals surface area (Å²) in [5, 5.41) is 2.35. The van der Waals surface area contributed by atoms with Crippen molar-refractivity contribution in [2.75, 3.05) is 23.5 Å². The van der Waals surface area contributed by atoms with E-state index < -0.39 is 0 Å². The molecule has 0 bridgehead atoms. The van der Waals surface area contributed by atoms with Crippen LogP contribution in [0.3, 0.4) is 0 Å². The molecule has 7 rings (SSSR count). The molecule has 7 heteroatoms. The largest absolute Gasteiger partial charge is 0.457 e. The number of pyridine rings is 1. The van der Waals surface area contributed by atoms with E-state index in [0.29, 0.717) is 6.67 Å². The van der Waals surface area contributed by atoms with Gasteiger partial charge in [-0.3, -0.25) is 4.57 Å². The van der Waals surface area contributed by atoms with Crippen LogP contribution in [0.25, 0.3) is 27.6 Å². The molecule has 0 aliphatic carbocycles. The molecule has 40 heavy (non-hydrogen) atoms. The predicted molar refractivity (Wildman–Crippen MR) is 161 cm³/mol. The van der Waals surface area contributed by atoms with Crippen molar-refractivity contribution in [3.63, 3.8) is 0 Å². The van der Waals surface area contributed by atoms with Crippen molar-refractivity contribution >= 4 is 39.0 Å². The van der Waals surface area contributed by atoms with Crippen LogP contribution in [0.5, 0.6) is 11.5 Å². The average Bonchev–Trinajstić information content (AvgIpc) is 3.47. The third-order valence-corrected chi connectivity index (χ3v) is 7.51. The number of rotatable bonds is 4. The fraction of sp³-hybridized carbons (Fsp3) is 0.182. The van der Waals surface area contributed by atoms with Crippen LogP contribution in [-0.4, -0.2) is 33.2 Å². The third kappa shape index (κ3) is 4.02. The van der Waals surface area contributed by atoms with Gasteiger partial charge in [0, 0.05) is 41.8 Å². The first-order valence-electron chi connectivity index (χ1n) is 13.4. The zero-order valence-corrected chi connectivity index (χ0v) is 23.0. The Bertz CT molecular complexity index is 1870. The maximum atomic E-state index is 6.62. The van der Waals surface area contributed by atoms with Gasteiger partial charge in [-0.25, -0.2) is 15.0 Å². The molecule has 0 radical (unpaired) electrons. The second-order valence-corrected chi connectivity index (χ2v) is 11.3. The molecular weight excluding hydrogens is 496 g/mol. The monoisotopic (exact) mass is 526 g/mol. The van der Waals surface area contributed by atoms with Crippen LogP contribution >= 0.6 is 0 Å². The summed E-state index contributed by atoms with van der Waals surface area (Å²) in [4.78, 5) is 17.8. The molecule has 0 amide bonds. The number of para-hydroxylation sites is 1. The van der Waals surface area contributed by atoms with E-state index in [-0.39, 0.29) is 5.41 Å². The first-order chi connectivity index (χ1) is 19.4. The molecule has 0 spiro atoms. The summed E-state index contributed by atoms with van der Waals surface area (Å²) in [7, 11) is 2.05. The fourth-order valence-corrected chi connectivity index (χ4v) is 5.49. The lowest BCUT2D eigenvalue weighted by atomic mass is 9.86. The highest BCUT2D eigenvalue weighted by Crippen LogP contribution is 2.42. The van der Waals surface area contributed by atoms with E-state index in [4.69, 9.17) is 4.74 Å². The van der Waals surface area contributed by atoms with Crippen molar-refractivity contribution in [2.45, 2.75) is 26.2 Å². The second-order valence-electron chi connectivity index (χ2n) is 11.3. The van der Waals surface area contributed by atoms with Crippen molar-refractivity contribution in [1.29, 1.82) is 0 Å². The van der Waals surface area contributed by atoms with Crippen molar-refractivity contribution in [1.82, 2.24) is 19.5 Å². The maximum absolute atomic E-state index is 6.62. The summed E-state index contributed by atoms with van der Waals surface area (Å²) < 4.78 is 8.82. The topological polar surface area (TPSA) is 59.3 Å². The lowest BCUT2D eigenvalue weighted by molar-refractivity contribution is 0.479. The molecule has 3 aromatic carbocycles. The van der Waals surface area contributed by atoms with Crippen LogP contribution in [0.1, 0.15) is 26.3 Å². The standard InChI is InChI=1S/C33H30N6O/c1-33(2,3)22-15-23(38-21-37(4)32-30(38)19-34-20-36-32)17-25(16-22)40-24-12-13-27-26-9-5-6-10-28(26)39(29(27)18-24)31-11-7-8-14-35-31/h5-20H,21H2,1-4H3. The van der Waals surface area contributed by atoms with Crippen LogP contribution in [0.2, 0.25) is 0 Å². The Morgan fingerprint density at radius 1 is 0.800 bits per heavy atom. The molecule has 4 heterocycles. The lowest BCUT2D eigenvalue weighted by Crippen LogP contribution is -2.24. The van der Waals surface area contributed by atoms with E-state index in [1.165, 1.54) is 10.9 Å². The maximum Gasteiger partial charge on any atom is 0.157 e. The Kier molecular flexibility index (Phi) is 5.49. The molecule has 198 valence electrons. The van der Waals surface area contributed by atoms with Gasteiger partial charge in [0.15, 0.2) is 5.82 Å². The number of ether oxygens (including phenoxy) is 1. The molecule has 3 aromatic heterocycles. The van der Waals surface area contributed by atoms with E-state index in [0.717, 1.165) is 50.9 Å². The Morgan fingerprint density at radius 2 is 1.62 bits per heavy atom. The number of benzene rings is 3. The first-order valence-corrected chi connectivity index (χ1v) is 13.4. The third-order valence-electron chi connectivity index (χ3n) is 7.51. The number of anilines is 3. The number of nitrogens with zero attached hydrogens (tertiary/aromatic N) is 6. The van der Waals surface area contributed by atoms with Gasteiger partial charge < -0.3 is 14.5 Å². The highest BCUT2D eigenvalue weighted by molar-refractivity contribution is 6.09. The first kappa shape index (κ1) is 24.2. The van der Waals surface area contributed by atoms with Gasteiger partial charge in [0.1, 0.15) is 29.3 Å². The van der Waals surface area contributed by atoms with Gasteiger partial charge in [0.2, 0.25) is 0 Å². The van der Waals surface area contributed by atoms with Gasteiger partial charge >= 0.3 is 0 Å². The Morgan fingerprint density at radius 3 is 2.45 bits per heavy atom. The molecule has 6 aromatic rings. The molecule has 7 nitrogen and oxygen atoms in total. The molecule has 0 atom stereocenters. The minimum absolute atomic E-state index is 0.0644. The Balaban J connectivity index is 1.34. The fourth-order valence-electron chi connectivity index (χ4n) is 5.49. The summed E-state index contributed by atoms with van der Waals surface area (Å²) in [6, 6.07) is 27.2. The molecule has 1 aliphatic heterocycles. The van der Waals surface area contributed by atoms with E-state index in [1.54, 1.807) is 6.33 Å². The van der Waals surface area contributed by atoms with E-state index in [1.807, 2.05) is 43.7 Å². The molecule has 0 fully saturated rings. The quantitative estimate of drug-likeness (QED) is 0.236. The van der Waals surface area contributed by atoms with Crippen LogP contribution < -0.4 is 14.5 Å². The number of hydrogen-bond donors (Lipinski definition) is 0. The zero-order chi connectivity index (χ0) is 27.4. The number of hydrogen-bond acceptors (Lipinski definition) is 6. The summed E-state index contributed by atoms with van der Waals surface area (Å²) in [6.07, 6.45) is 5.30. The van der Waals surface area contributed by atoms with Gasteiger partial charge in [-0.05, 0) is 53.4 Å². The zero-order valence-electron chi connectivity index (χ0n) is 23.0. The minimum Gasteiger partial charge on any atom is -0.457 e. The van der Waals surface area contributed by atoms with Crippen LogP contribution in [0, 0.1) is 0 Å².